The maximum atomic E-state index is 12.7. The van der Waals surface area contributed by atoms with Crippen molar-refractivity contribution in [2.75, 3.05) is 0 Å². The predicted octanol–water partition coefficient (Wildman–Crippen LogP) is 5.78. The molecule has 3 aromatic rings. The summed E-state index contributed by atoms with van der Waals surface area (Å²) in [6.07, 6.45) is 0.400. The number of hydrogen-bond acceptors (Lipinski definition) is 5. The van der Waals surface area contributed by atoms with E-state index in [0.29, 0.717) is 21.2 Å². The molecule has 0 radical (unpaired) electrons. The zero-order valence-electron chi connectivity index (χ0n) is 14.5. The smallest absolute Gasteiger partial charge is 0.163 e. The summed E-state index contributed by atoms with van der Waals surface area (Å²) in [5.74, 6) is -0.377. The van der Waals surface area contributed by atoms with Crippen molar-refractivity contribution in [2.45, 2.75) is 25.7 Å². The topological polar surface area (TPSA) is 59.9 Å². The molecule has 0 saturated heterocycles. The largest absolute Gasteiger partial charge is 0.294 e. The lowest BCUT2D eigenvalue weighted by molar-refractivity contribution is 0.0945. The van der Waals surface area contributed by atoms with Crippen LogP contribution in [0, 0.1) is 6.92 Å². The van der Waals surface area contributed by atoms with Gasteiger partial charge in [-0.3, -0.25) is 9.59 Å². The third kappa shape index (κ3) is 5.01. The Balaban J connectivity index is 1.82. The van der Waals surface area contributed by atoms with E-state index in [0.717, 1.165) is 10.6 Å². The molecule has 1 heterocycles. The lowest BCUT2D eigenvalue weighted by Crippen LogP contribution is -2.12. The van der Waals surface area contributed by atoms with Crippen LogP contribution in [0.2, 0.25) is 10.0 Å². The normalized spacial score (nSPS) is 11.0. The average Bonchev–Trinajstić information content (AvgIpc) is 3.08. The molecule has 4 nitrogen and oxygen atoms in total. The number of carbonyl (C=O) groups excluding carboxylic acids is 2. The van der Waals surface area contributed by atoms with Gasteiger partial charge < -0.3 is 0 Å². The monoisotopic (exact) mass is 418 g/mol. The number of ketones is 2. The molecule has 3 rings (SSSR count). The molecule has 2 aromatic carbocycles. The number of Topliss-reactive ketones (excluding diaryl/α,β-unsaturated/α-hetero) is 2. The maximum absolute atomic E-state index is 12.7. The Hall–Kier alpha value is -2.08. The van der Waals surface area contributed by atoms with Crippen molar-refractivity contribution in [2.24, 2.45) is 0 Å². The van der Waals surface area contributed by atoms with E-state index in [-0.39, 0.29) is 30.3 Å². The summed E-state index contributed by atoms with van der Waals surface area (Å²) >= 11 is 13.0. The Morgan fingerprint density at radius 1 is 0.889 bits per heavy atom. The highest BCUT2D eigenvalue weighted by atomic mass is 35.5. The predicted molar refractivity (Wildman–Crippen MR) is 108 cm³/mol. The molecule has 0 spiro atoms. The van der Waals surface area contributed by atoms with Crippen molar-refractivity contribution < 1.29 is 9.59 Å². The summed E-state index contributed by atoms with van der Waals surface area (Å²) < 4.78 is 3.96. The minimum Gasteiger partial charge on any atom is -0.294 e. The van der Waals surface area contributed by atoms with Crippen molar-refractivity contribution in [1.29, 1.82) is 0 Å². The van der Waals surface area contributed by atoms with Gasteiger partial charge in [-0.25, -0.2) is 0 Å². The van der Waals surface area contributed by atoms with Gasteiger partial charge in [0.15, 0.2) is 11.6 Å². The number of hydrogen-bond donors (Lipinski definition) is 0. The van der Waals surface area contributed by atoms with Crippen LogP contribution >= 0.6 is 34.7 Å². The van der Waals surface area contributed by atoms with Gasteiger partial charge >= 0.3 is 0 Å². The number of aryl methyl sites for hydroxylation is 1. The van der Waals surface area contributed by atoms with Crippen molar-refractivity contribution in [1.82, 2.24) is 9.59 Å². The first-order chi connectivity index (χ1) is 12.9. The summed E-state index contributed by atoms with van der Waals surface area (Å²) in [6.45, 7) is 1.84. The van der Waals surface area contributed by atoms with Crippen molar-refractivity contribution in [3.8, 4) is 0 Å². The Labute approximate surface area is 171 Å². The first kappa shape index (κ1) is 19.7. The van der Waals surface area contributed by atoms with Crippen molar-refractivity contribution >= 4 is 46.3 Å². The van der Waals surface area contributed by atoms with Gasteiger partial charge in [0.2, 0.25) is 0 Å². The van der Waals surface area contributed by atoms with Gasteiger partial charge in [0.1, 0.15) is 0 Å². The second-order valence-electron chi connectivity index (χ2n) is 6.19. The van der Waals surface area contributed by atoms with Crippen LogP contribution < -0.4 is 0 Å². The fourth-order valence-electron chi connectivity index (χ4n) is 2.82. The highest BCUT2D eigenvalue weighted by Crippen LogP contribution is 2.31. The van der Waals surface area contributed by atoms with Crippen LogP contribution in [-0.4, -0.2) is 21.2 Å². The highest BCUT2D eigenvalue weighted by Gasteiger charge is 2.25. The van der Waals surface area contributed by atoms with Gasteiger partial charge in [-0.05, 0) is 67.0 Å². The molecule has 0 unspecified atom stereocenters. The van der Waals surface area contributed by atoms with Gasteiger partial charge in [0.25, 0.3) is 0 Å². The van der Waals surface area contributed by atoms with Crippen LogP contribution in [-0.2, 0) is 0 Å². The minimum absolute atomic E-state index is 0.0478. The number of halogens is 2. The summed E-state index contributed by atoms with van der Waals surface area (Å²) in [5.41, 5.74) is 1.88. The Bertz CT molecular complexity index is 893. The van der Waals surface area contributed by atoms with E-state index in [4.69, 9.17) is 23.2 Å². The molecular weight excluding hydrogens is 403 g/mol. The quantitative estimate of drug-likeness (QED) is 0.456. The molecule has 138 valence electrons. The molecule has 0 amide bonds. The summed E-state index contributed by atoms with van der Waals surface area (Å²) in [7, 11) is 0. The van der Waals surface area contributed by atoms with Crippen LogP contribution in [0.25, 0.3) is 0 Å². The summed E-state index contributed by atoms with van der Waals surface area (Å²) in [5, 5.41) is 5.18. The molecule has 0 aliphatic heterocycles. The van der Waals surface area contributed by atoms with E-state index in [2.05, 4.69) is 9.59 Å². The van der Waals surface area contributed by atoms with Crippen LogP contribution in [0.1, 0.15) is 50.0 Å². The van der Waals surface area contributed by atoms with Gasteiger partial charge in [-0.15, -0.1) is 5.10 Å². The Kier molecular flexibility index (Phi) is 6.37. The van der Waals surface area contributed by atoms with Crippen molar-refractivity contribution in [3.63, 3.8) is 0 Å². The van der Waals surface area contributed by atoms with E-state index in [1.165, 1.54) is 11.5 Å². The first-order valence-corrected chi connectivity index (χ1v) is 9.83. The maximum Gasteiger partial charge on any atom is 0.163 e. The summed E-state index contributed by atoms with van der Waals surface area (Å²) in [6, 6.07) is 13.5. The zero-order valence-corrected chi connectivity index (χ0v) is 16.8. The first-order valence-electron chi connectivity index (χ1n) is 8.30. The molecular formula is C20H16Cl2N2O2S. The Morgan fingerprint density at radius 3 is 1.70 bits per heavy atom. The number of aromatic nitrogens is 2. The zero-order chi connectivity index (χ0) is 19.4. The standard InChI is InChI=1S/C20H16Cl2N2O2S/c1-12-20(27-24-23-12)15(10-18(25)13-2-6-16(21)7-3-13)11-19(26)14-4-8-17(22)9-5-14/h2-9,15H,10-11H2,1H3. The highest BCUT2D eigenvalue weighted by molar-refractivity contribution is 7.05. The van der Waals surface area contributed by atoms with E-state index >= 15 is 0 Å². The fraction of sp³-hybridized carbons (Fsp3) is 0.200. The molecule has 0 aliphatic carbocycles. The van der Waals surface area contributed by atoms with Gasteiger partial charge in [-0.1, -0.05) is 27.7 Å². The van der Waals surface area contributed by atoms with Crippen LogP contribution in [0.4, 0.5) is 0 Å². The number of nitrogens with zero attached hydrogens (tertiary/aromatic N) is 2. The minimum atomic E-state index is -0.281. The Morgan fingerprint density at radius 2 is 1.33 bits per heavy atom. The average molecular weight is 419 g/mol. The molecule has 0 fully saturated rings. The molecule has 0 saturated carbocycles. The fourth-order valence-corrected chi connectivity index (χ4v) is 3.82. The molecule has 0 bridgehead atoms. The molecule has 0 aliphatic rings. The van der Waals surface area contributed by atoms with Gasteiger partial charge in [0.05, 0.1) is 10.6 Å². The van der Waals surface area contributed by atoms with E-state index in [9.17, 15) is 9.59 Å². The lowest BCUT2D eigenvalue weighted by Gasteiger charge is -2.14. The number of rotatable bonds is 7. The SMILES string of the molecule is Cc1nnsc1C(CC(=O)c1ccc(Cl)cc1)CC(=O)c1ccc(Cl)cc1. The third-order valence-electron chi connectivity index (χ3n) is 4.25. The van der Waals surface area contributed by atoms with E-state index in [1.807, 2.05) is 6.92 Å². The van der Waals surface area contributed by atoms with Gasteiger partial charge in [0, 0.05) is 39.9 Å². The second-order valence-corrected chi connectivity index (χ2v) is 7.85. The molecule has 1 aromatic heterocycles. The number of carbonyl (C=O) groups is 2. The van der Waals surface area contributed by atoms with Crippen LogP contribution in [0.15, 0.2) is 48.5 Å². The van der Waals surface area contributed by atoms with E-state index < -0.39 is 0 Å². The van der Waals surface area contributed by atoms with Crippen molar-refractivity contribution in [3.05, 3.63) is 80.3 Å². The van der Waals surface area contributed by atoms with Crippen LogP contribution in [0.3, 0.4) is 0 Å². The molecule has 0 atom stereocenters. The molecule has 0 N–H and O–H groups in total. The van der Waals surface area contributed by atoms with Crippen LogP contribution in [0.5, 0.6) is 0 Å². The summed E-state index contributed by atoms with van der Waals surface area (Å²) in [4.78, 5) is 26.3. The van der Waals surface area contributed by atoms with Gasteiger partial charge in [-0.2, -0.15) is 0 Å². The lowest BCUT2D eigenvalue weighted by atomic mass is 9.90. The number of benzene rings is 2. The van der Waals surface area contributed by atoms with E-state index in [1.54, 1.807) is 48.5 Å². The third-order valence-corrected chi connectivity index (χ3v) is 5.75. The molecule has 27 heavy (non-hydrogen) atoms. The molecule has 7 heteroatoms. The second kappa shape index (κ2) is 8.74.